The van der Waals surface area contributed by atoms with Gasteiger partial charge in [-0.2, -0.15) is 0 Å². The number of halogens is 1. The third kappa shape index (κ3) is 5.21. The van der Waals surface area contributed by atoms with Crippen LogP contribution in [0.1, 0.15) is 31.1 Å². The summed E-state index contributed by atoms with van der Waals surface area (Å²) in [5.41, 5.74) is 2.89. The molecule has 0 saturated heterocycles. The number of fused-ring (bicyclic) bond motifs is 1. The Labute approximate surface area is 188 Å². The van der Waals surface area contributed by atoms with Gasteiger partial charge in [-0.25, -0.2) is 0 Å². The van der Waals surface area contributed by atoms with Crippen LogP contribution in [0.15, 0.2) is 48.5 Å². The highest BCUT2D eigenvalue weighted by Crippen LogP contribution is 2.16. The smallest absolute Gasteiger partial charge is 0.203 e. The number of nitrogens with one attached hydrogen (secondary N) is 1. The number of rotatable bonds is 10. The normalized spacial score (nSPS) is 10.9. The molecule has 0 radical (unpaired) electrons. The summed E-state index contributed by atoms with van der Waals surface area (Å²) in [4.78, 5) is 15.2. The van der Waals surface area contributed by atoms with Crippen molar-refractivity contribution in [3.63, 3.8) is 0 Å². The van der Waals surface area contributed by atoms with Crippen molar-refractivity contribution < 1.29 is 9.53 Å². The molecule has 6 nitrogen and oxygen atoms in total. The molecule has 0 fully saturated rings. The van der Waals surface area contributed by atoms with Crippen molar-refractivity contribution >= 4 is 33.8 Å². The summed E-state index contributed by atoms with van der Waals surface area (Å²) < 4.78 is 9.25. The van der Waals surface area contributed by atoms with Crippen molar-refractivity contribution in [1.82, 2.24) is 14.0 Å². The summed E-state index contributed by atoms with van der Waals surface area (Å²) in [6, 6.07) is 15.1. The SMILES string of the molecule is Br.CCOc1ccc(C(=O)Cn2c(=N)n(CCN(CC)CC)c3ccccc32)cc1. The second kappa shape index (κ2) is 11.1. The molecule has 0 saturated carbocycles. The van der Waals surface area contributed by atoms with Gasteiger partial charge in [0.2, 0.25) is 5.62 Å². The molecule has 162 valence electrons. The van der Waals surface area contributed by atoms with Crippen molar-refractivity contribution in [2.75, 3.05) is 26.2 Å². The van der Waals surface area contributed by atoms with Crippen LogP contribution in [-0.2, 0) is 13.1 Å². The number of hydrogen-bond donors (Lipinski definition) is 1. The number of likely N-dealkylation sites (N-methyl/N-ethyl adjacent to an activating group) is 1. The third-order valence-electron chi connectivity index (χ3n) is 5.30. The van der Waals surface area contributed by atoms with E-state index in [9.17, 15) is 4.79 Å². The molecule has 30 heavy (non-hydrogen) atoms. The Morgan fingerprint density at radius 2 is 1.57 bits per heavy atom. The Hall–Kier alpha value is -2.38. The fourth-order valence-corrected chi connectivity index (χ4v) is 3.60. The van der Waals surface area contributed by atoms with Gasteiger partial charge in [0.1, 0.15) is 5.75 Å². The van der Waals surface area contributed by atoms with E-state index in [-0.39, 0.29) is 29.3 Å². The number of para-hydroxylation sites is 2. The van der Waals surface area contributed by atoms with E-state index in [0.717, 1.165) is 43.0 Å². The lowest BCUT2D eigenvalue weighted by Crippen LogP contribution is -2.32. The average molecular weight is 475 g/mol. The number of hydrogen-bond acceptors (Lipinski definition) is 4. The van der Waals surface area contributed by atoms with Gasteiger partial charge in [0.25, 0.3) is 0 Å². The summed E-state index contributed by atoms with van der Waals surface area (Å²) in [5.74, 6) is 0.740. The highest BCUT2D eigenvalue weighted by Gasteiger charge is 2.15. The number of carbonyl (C=O) groups is 1. The maximum absolute atomic E-state index is 12.9. The van der Waals surface area contributed by atoms with Gasteiger partial charge < -0.3 is 18.8 Å². The monoisotopic (exact) mass is 474 g/mol. The molecule has 3 rings (SSSR count). The summed E-state index contributed by atoms with van der Waals surface area (Å²) in [5, 5.41) is 8.71. The maximum Gasteiger partial charge on any atom is 0.203 e. The second-order valence-corrected chi connectivity index (χ2v) is 6.96. The largest absolute Gasteiger partial charge is 0.494 e. The van der Waals surface area contributed by atoms with Crippen molar-refractivity contribution in [2.45, 2.75) is 33.9 Å². The zero-order valence-corrected chi connectivity index (χ0v) is 19.6. The number of aromatic nitrogens is 2. The third-order valence-corrected chi connectivity index (χ3v) is 5.30. The van der Waals surface area contributed by atoms with Crippen LogP contribution in [0, 0.1) is 5.41 Å². The van der Waals surface area contributed by atoms with Gasteiger partial charge in [-0.05, 0) is 56.4 Å². The van der Waals surface area contributed by atoms with Crippen LogP contribution in [0.2, 0.25) is 0 Å². The summed E-state index contributed by atoms with van der Waals surface area (Å²) in [7, 11) is 0. The summed E-state index contributed by atoms with van der Waals surface area (Å²) in [6.45, 7) is 10.5. The zero-order valence-electron chi connectivity index (χ0n) is 17.9. The van der Waals surface area contributed by atoms with E-state index in [4.69, 9.17) is 10.1 Å². The molecular weight excluding hydrogens is 444 g/mol. The van der Waals surface area contributed by atoms with Crippen molar-refractivity contribution in [1.29, 1.82) is 5.41 Å². The lowest BCUT2D eigenvalue weighted by Gasteiger charge is -2.18. The maximum atomic E-state index is 12.9. The highest BCUT2D eigenvalue weighted by molar-refractivity contribution is 8.93. The van der Waals surface area contributed by atoms with Gasteiger partial charge in [-0.15, -0.1) is 17.0 Å². The van der Waals surface area contributed by atoms with E-state index in [1.165, 1.54) is 0 Å². The molecule has 1 heterocycles. The Morgan fingerprint density at radius 3 is 2.13 bits per heavy atom. The number of ether oxygens (including phenoxy) is 1. The number of ketones is 1. The van der Waals surface area contributed by atoms with Crippen LogP contribution in [0.25, 0.3) is 11.0 Å². The van der Waals surface area contributed by atoms with E-state index in [0.29, 0.717) is 17.8 Å². The molecule has 0 atom stereocenters. The number of imidazole rings is 1. The summed E-state index contributed by atoms with van der Waals surface area (Å²) >= 11 is 0. The quantitative estimate of drug-likeness (QED) is 0.449. The highest BCUT2D eigenvalue weighted by atomic mass is 79.9. The lowest BCUT2D eigenvalue weighted by atomic mass is 10.1. The molecule has 0 bridgehead atoms. The van der Waals surface area contributed by atoms with Crippen LogP contribution < -0.4 is 10.4 Å². The van der Waals surface area contributed by atoms with Gasteiger partial charge >= 0.3 is 0 Å². The van der Waals surface area contributed by atoms with Gasteiger partial charge in [0.15, 0.2) is 5.78 Å². The molecule has 0 amide bonds. The second-order valence-electron chi connectivity index (χ2n) is 6.96. The number of benzene rings is 2. The molecule has 0 unspecified atom stereocenters. The molecule has 0 aliphatic heterocycles. The minimum Gasteiger partial charge on any atom is -0.494 e. The molecule has 0 spiro atoms. The topological polar surface area (TPSA) is 63.2 Å². The van der Waals surface area contributed by atoms with E-state index in [1.807, 2.05) is 47.9 Å². The van der Waals surface area contributed by atoms with E-state index in [1.54, 1.807) is 16.7 Å². The van der Waals surface area contributed by atoms with E-state index >= 15 is 0 Å². The predicted molar refractivity (Wildman–Crippen MR) is 126 cm³/mol. The van der Waals surface area contributed by atoms with Crippen LogP contribution in [0.4, 0.5) is 0 Å². The molecule has 2 aromatic carbocycles. The van der Waals surface area contributed by atoms with Crippen LogP contribution in [0.5, 0.6) is 5.75 Å². The molecular formula is C23H31BrN4O2. The first-order valence-electron chi connectivity index (χ1n) is 10.3. The Morgan fingerprint density at radius 1 is 0.967 bits per heavy atom. The first kappa shape index (κ1) is 23.9. The van der Waals surface area contributed by atoms with E-state index in [2.05, 4.69) is 18.7 Å². The standard InChI is InChI=1S/C23H30N4O2.BrH/c1-4-25(5-2)15-16-26-20-9-7-8-10-21(20)27(23(26)24)17-22(28)18-11-13-19(14-12-18)29-6-3;/h7-14,24H,4-6,15-17H2,1-3H3;1H. The van der Waals surface area contributed by atoms with Crippen LogP contribution >= 0.6 is 17.0 Å². The molecule has 1 N–H and O–H groups in total. The van der Waals surface area contributed by atoms with Crippen LogP contribution in [-0.4, -0.2) is 46.1 Å². The van der Waals surface area contributed by atoms with Crippen LogP contribution in [0.3, 0.4) is 0 Å². The summed E-state index contributed by atoms with van der Waals surface area (Å²) in [6.07, 6.45) is 0. The first-order chi connectivity index (χ1) is 14.1. The fraction of sp³-hybridized carbons (Fsp3) is 0.391. The minimum absolute atomic E-state index is 0. The molecule has 7 heteroatoms. The number of nitrogens with zero attached hydrogens (tertiary/aromatic N) is 3. The molecule has 0 aliphatic rings. The molecule has 3 aromatic rings. The Balaban J connectivity index is 0.00000320. The van der Waals surface area contributed by atoms with Gasteiger partial charge in [0.05, 0.1) is 24.2 Å². The Kier molecular flexibility index (Phi) is 8.87. The molecule has 0 aliphatic carbocycles. The number of Topliss-reactive ketones (excluding diaryl/α,β-unsaturated/α-hetero) is 1. The first-order valence-corrected chi connectivity index (χ1v) is 10.3. The zero-order chi connectivity index (χ0) is 20.8. The van der Waals surface area contributed by atoms with Gasteiger partial charge in [0, 0.05) is 18.7 Å². The minimum atomic E-state index is -0.0156. The predicted octanol–water partition coefficient (Wildman–Crippen LogP) is 4.12. The van der Waals surface area contributed by atoms with Crippen molar-refractivity contribution in [2.24, 2.45) is 0 Å². The fourth-order valence-electron chi connectivity index (χ4n) is 3.60. The molecule has 1 aromatic heterocycles. The lowest BCUT2D eigenvalue weighted by molar-refractivity contribution is 0.0971. The van der Waals surface area contributed by atoms with Crippen molar-refractivity contribution in [3.05, 3.63) is 59.7 Å². The van der Waals surface area contributed by atoms with Gasteiger partial charge in [-0.1, -0.05) is 26.0 Å². The van der Waals surface area contributed by atoms with Gasteiger partial charge in [-0.3, -0.25) is 10.2 Å². The Bertz CT molecular complexity index is 1020. The van der Waals surface area contributed by atoms with E-state index < -0.39 is 0 Å². The number of carbonyl (C=O) groups excluding carboxylic acids is 1. The van der Waals surface area contributed by atoms with Crippen molar-refractivity contribution in [3.8, 4) is 5.75 Å². The average Bonchev–Trinajstić information content (AvgIpc) is 3.01.